The summed E-state index contributed by atoms with van der Waals surface area (Å²) in [5, 5.41) is 31.2. The van der Waals surface area contributed by atoms with E-state index in [0.29, 0.717) is 38.5 Å². The predicted octanol–water partition coefficient (Wildman–Crippen LogP) is 4.19. The molecule has 0 amide bonds. The third-order valence-corrected chi connectivity index (χ3v) is 6.16. The minimum atomic E-state index is -0.513. The van der Waals surface area contributed by atoms with Crippen LogP contribution in [-0.4, -0.2) is 45.7 Å². The summed E-state index contributed by atoms with van der Waals surface area (Å²) < 4.78 is 5.12. The summed E-state index contributed by atoms with van der Waals surface area (Å²) in [4.78, 5) is 11.5. The molecule has 5 heteroatoms. The van der Waals surface area contributed by atoms with Gasteiger partial charge in [-0.1, -0.05) is 42.5 Å². The van der Waals surface area contributed by atoms with Crippen LogP contribution in [0.4, 0.5) is 0 Å². The average molecular weight is 433 g/mol. The molecule has 3 N–H and O–H groups in total. The van der Waals surface area contributed by atoms with E-state index in [0.717, 1.165) is 19.3 Å². The number of aliphatic hydroxyl groups is 3. The molecule has 1 unspecified atom stereocenters. The lowest BCUT2D eigenvalue weighted by Crippen LogP contribution is -2.23. The van der Waals surface area contributed by atoms with Crippen molar-refractivity contribution >= 4 is 5.97 Å². The fraction of sp³-hybridized carbons (Fsp3) is 0.654. The van der Waals surface area contributed by atoms with E-state index in [1.807, 2.05) is 38.1 Å². The summed E-state index contributed by atoms with van der Waals surface area (Å²) in [5.74, 6) is -0.144. The number of aryl methyl sites for hydroxylation is 1. The van der Waals surface area contributed by atoms with Gasteiger partial charge in [0.25, 0.3) is 0 Å². The molecule has 31 heavy (non-hydrogen) atoms. The Morgan fingerprint density at radius 2 is 1.81 bits per heavy atom. The molecule has 0 aromatic heterocycles. The van der Waals surface area contributed by atoms with Crippen LogP contribution in [0.1, 0.15) is 70.8 Å². The molecule has 2 rings (SSSR count). The number of aliphatic hydroxyl groups excluding tert-OH is 3. The zero-order valence-corrected chi connectivity index (χ0v) is 19.0. The number of hydrogen-bond acceptors (Lipinski definition) is 5. The van der Waals surface area contributed by atoms with Crippen molar-refractivity contribution < 1.29 is 24.9 Å². The normalized spacial score (nSPS) is 24.7. The van der Waals surface area contributed by atoms with Crippen molar-refractivity contribution in [1.82, 2.24) is 0 Å². The lowest BCUT2D eigenvalue weighted by molar-refractivity contribution is -0.147. The van der Waals surface area contributed by atoms with Crippen LogP contribution in [0, 0.1) is 11.8 Å². The minimum Gasteiger partial charge on any atom is -0.463 e. The fourth-order valence-electron chi connectivity index (χ4n) is 4.47. The lowest BCUT2D eigenvalue weighted by Gasteiger charge is -2.23. The van der Waals surface area contributed by atoms with Crippen molar-refractivity contribution in [3.8, 4) is 0 Å². The van der Waals surface area contributed by atoms with E-state index in [9.17, 15) is 20.1 Å². The van der Waals surface area contributed by atoms with Gasteiger partial charge in [-0.15, -0.1) is 0 Å². The van der Waals surface area contributed by atoms with Crippen LogP contribution in [0.2, 0.25) is 0 Å². The maximum atomic E-state index is 11.5. The molecule has 0 radical (unpaired) electrons. The number of hydrogen-bond donors (Lipinski definition) is 3. The number of rotatable bonds is 13. The van der Waals surface area contributed by atoms with Crippen molar-refractivity contribution in [1.29, 1.82) is 0 Å². The Morgan fingerprint density at radius 3 is 2.52 bits per heavy atom. The van der Waals surface area contributed by atoms with Gasteiger partial charge in [-0.25, -0.2) is 0 Å². The zero-order chi connectivity index (χ0) is 22.6. The number of carbonyl (C=O) groups excluding carboxylic acids is 1. The smallest absolute Gasteiger partial charge is 0.306 e. The molecule has 0 heterocycles. The Hall–Kier alpha value is -1.69. The van der Waals surface area contributed by atoms with E-state index in [4.69, 9.17) is 4.74 Å². The van der Waals surface area contributed by atoms with Crippen LogP contribution in [0.25, 0.3) is 0 Å². The molecule has 174 valence electrons. The largest absolute Gasteiger partial charge is 0.463 e. The van der Waals surface area contributed by atoms with Crippen LogP contribution in [0.15, 0.2) is 42.5 Å². The number of esters is 1. The van der Waals surface area contributed by atoms with Gasteiger partial charge in [0, 0.05) is 6.42 Å². The van der Waals surface area contributed by atoms with E-state index in [1.54, 1.807) is 0 Å². The molecule has 0 saturated heterocycles. The molecule has 1 saturated carbocycles. The molecule has 0 aliphatic heterocycles. The maximum absolute atomic E-state index is 11.5. The van der Waals surface area contributed by atoms with Gasteiger partial charge in [-0.05, 0) is 82.6 Å². The minimum absolute atomic E-state index is 0.00652. The molecule has 1 aromatic rings. The first-order valence-corrected chi connectivity index (χ1v) is 11.8. The number of ether oxygens (including phenoxy) is 1. The molecule has 5 nitrogen and oxygen atoms in total. The first-order chi connectivity index (χ1) is 14.9. The van der Waals surface area contributed by atoms with Crippen molar-refractivity contribution in [3.63, 3.8) is 0 Å². The second-order valence-electron chi connectivity index (χ2n) is 9.09. The lowest BCUT2D eigenvalue weighted by atomic mass is 9.85. The van der Waals surface area contributed by atoms with Gasteiger partial charge in [0.1, 0.15) is 0 Å². The Labute approximate surface area is 187 Å². The van der Waals surface area contributed by atoms with E-state index < -0.39 is 18.3 Å². The number of unbranched alkanes of at least 4 members (excludes halogenated alkanes) is 1. The Balaban J connectivity index is 1.70. The van der Waals surface area contributed by atoms with Gasteiger partial charge in [-0.2, -0.15) is 0 Å². The van der Waals surface area contributed by atoms with Crippen molar-refractivity contribution in [2.75, 3.05) is 0 Å². The van der Waals surface area contributed by atoms with E-state index >= 15 is 0 Å². The van der Waals surface area contributed by atoms with Crippen LogP contribution in [0.5, 0.6) is 0 Å². The molecule has 1 fully saturated rings. The summed E-state index contributed by atoms with van der Waals surface area (Å²) >= 11 is 0. The van der Waals surface area contributed by atoms with Crippen LogP contribution in [-0.2, 0) is 16.0 Å². The van der Waals surface area contributed by atoms with Crippen LogP contribution in [0.3, 0.4) is 0 Å². The first kappa shape index (κ1) is 25.6. The standard InChI is InChI=1S/C26H40O5/c1-19(2)31-26(30)13-9-4-3-8-12-22-23(25(29)18-24(22)28)17-16-21(27)15-14-20-10-6-5-7-11-20/h3,5-8,10-11,19,21-25,27-29H,4,9,12-18H2,1-2H3/b8-3-/t21-,22-,23?,24+,25-/m1/s1. The third kappa shape index (κ3) is 9.55. The first-order valence-electron chi connectivity index (χ1n) is 11.8. The van der Waals surface area contributed by atoms with Crippen molar-refractivity contribution in [3.05, 3.63) is 48.0 Å². The van der Waals surface area contributed by atoms with Crippen LogP contribution >= 0.6 is 0 Å². The highest BCUT2D eigenvalue weighted by Gasteiger charge is 2.40. The van der Waals surface area contributed by atoms with E-state index in [1.165, 1.54) is 5.56 Å². The highest BCUT2D eigenvalue weighted by Crippen LogP contribution is 2.38. The molecule has 1 aliphatic carbocycles. The van der Waals surface area contributed by atoms with Crippen molar-refractivity contribution in [2.45, 2.75) is 96.1 Å². The average Bonchev–Trinajstić information content (AvgIpc) is 3.00. The molecule has 1 aliphatic rings. The highest BCUT2D eigenvalue weighted by atomic mass is 16.5. The number of carbonyl (C=O) groups is 1. The molecule has 0 bridgehead atoms. The van der Waals surface area contributed by atoms with E-state index in [2.05, 4.69) is 18.2 Å². The monoisotopic (exact) mass is 432 g/mol. The molecule has 0 spiro atoms. The summed E-state index contributed by atoms with van der Waals surface area (Å²) in [5.41, 5.74) is 1.22. The summed E-state index contributed by atoms with van der Waals surface area (Å²) in [6.45, 7) is 3.69. The number of allylic oxidation sites excluding steroid dienone is 2. The second kappa shape index (κ2) is 13.7. The number of benzene rings is 1. The Bertz CT molecular complexity index is 657. The zero-order valence-electron chi connectivity index (χ0n) is 19.0. The quantitative estimate of drug-likeness (QED) is 0.247. The van der Waals surface area contributed by atoms with Gasteiger partial charge in [0.2, 0.25) is 0 Å². The molecular weight excluding hydrogens is 392 g/mol. The van der Waals surface area contributed by atoms with Gasteiger partial charge < -0.3 is 20.1 Å². The molecule has 1 aromatic carbocycles. The summed E-state index contributed by atoms with van der Waals surface area (Å²) in [6, 6.07) is 10.1. The highest BCUT2D eigenvalue weighted by molar-refractivity contribution is 5.69. The maximum Gasteiger partial charge on any atom is 0.306 e. The second-order valence-corrected chi connectivity index (χ2v) is 9.09. The van der Waals surface area contributed by atoms with Gasteiger partial charge in [-0.3, -0.25) is 4.79 Å². The van der Waals surface area contributed by atoms with Gasteiger partial charge in [0.15, 0.2) is 0 Å². The van der Waals surface area contributed by atoms with E-state index in [-0.39, 0.29) is 23.9 Å². The summed E-state index contributed by atoms with van der Waals surface area (Å²) in [6.07, 6.45) is 8.58. The van der Waals surface area contributed by atoms with Crippen LogP contribution < -0.4 is 0 Å². The summed E-state index contributed by atoms with van der Waals surface area (Å²) in [7, 11) is 0. The Morgan fingerprint density at radius 1 is 1.10 bits per heavy atom. The van der Waals surface area contributed by atoms with Gasteiger partial charge >= 0.3 is 5.97 Å². The Kier molecular flexibility index (Phi) is 11.3. The van der Waals surface area contributed by atoms with Gasteiger partial charge in [0.05, 0.1) is 24.4 Å². The third-order valence-electron chi connectivity index (χ3n) is 6.16. The fourth-order valence-corrected chi connectivity index (χ4v) is 4.47. The predicted molar refractivity (Wildman–Crippen MR) is 122 cm³/mol. The van der Waals surface area contributed by atoms with Crippen molar-refractivity contribution in [2.24, 2.45) is 11.8 Å². The molecule has 5 atom stereocenters. The topological polar surface area (TPSA) is 87.0 Å². The SMILES string of the molecule is CC(C)OC(=O)CCC/C=C\C[C@@H]1C(CC[C@H](O)CCc2ccccc2)[C@H](O)C[C@@H]1O. The molecular formula is C26H40O5.